The number of ether oxygens (including phenoxy) is 3. The van der Waals surface area contributed by atoms with E-state index < -0.39 is 5.97 Å². The summed E-state index contributed by atoms with van der Waals surface area (Å²) in [5.74, 6) is 0.887. The van der Waals surface area contributed by atoms with E-state index in [0.717, 1.165) is 30.6 Å². The van der Waals surface area contributed by atoms with Crippen LogP contribution >= 0.6 is 0 Å². The molecular formula is C24H29NO5. The summed E-state index contributed by atoms with van der Waals surface area (Å²) in [6, 6.07) is 14.5. The van der Waals surface area contributed by atoms with E-state index in [4.69, 9.17) is 14.2 Å². The SMILES string of the molecule is COc1ccc(COC(=O)c2ccc(OCC(=O)N3C(C)CCCC3C)cc2)cc1. The van der Waals surface area contributed by atoms with Gasteiger partial charge in [-0.3, -0.25) is 4.79 Å². The Hall–Kier alpha value is -3.02. The van der Waals surface area contributed by atoms with Crippen LogP contribution in [0, 0.1) is 0 Å². The van der Waals surface area contributed by atoms with Crippen LogP contribution in [0.25, 0.3) is 0 Å². The Morgan fingerprint density at radius 3 is 2.13 bits per heavy atom. The first kappa shape index (κ1) is 21.7. The number of hydrogen-bond donors (Lipinski definition) is 0. The van der Waals surface area contributed by atoms with Gasteiger partial charge in [-0.15, -0.1) is 0 Å². The monoisotopic (exact) mass is 411 g/mol. The fourth-order valence-electron chi connectivity index (χ4n) is 3.77. The van der Waals surface area contributed by atoms with E-state index >= 15 is 0 Å². The van der Waals surface area contributed by atoms with E-state index in [0.29, 0.717) is 11.3 Å². The Bertz CT molecular complexity index is 837. The second kappa shape index (κ2) is 10.1. The fourth-order valence-corrected chi connectivity index (χ4v) is 3.77. The van der Waals surface area contributed by atoms with Crippen molar-refractivity contribution < 1.29 is 23.8 Å². The Morgan fingerprint density at radius 1 is 0.933 bits per heavy atom. The molecule has 1 heterocycles. The molecule has 1 saturated heterocycles. The van der Waals surface area contributed by atoms with Gasteiger partial charge < -0.3 is 19.1 Å². The number of carbonyl (C=O) groups excluding carboxylic acids is 2. The fraction of sp³-hybridized carbons (Fsp3) is 0.417. The van der Waals surface area contributed by atoms with Crippen molar-refractivity contribution in [3.05, 3.63) is 59.7 Å². The molecule has 0 saturated carbocycles. The largest absolute Gasteiger partial charge is 0.497 e. The molecule has 6 nitrogen and oxygen atoms in total. The van der Waals surface area contributed by atoms with Crippen LogP contribution in [-0.4, -0.2) is 42.6 Å². The summed E-state index contributed by atoms with van der Waals surface area (Å²) in [6.45, 7) is 4.34. The number of piperidine rings is 1. The normalized spacial score (nSPS) is 18.6. The van der Waals surface area contributed by atoms with Gasteiger partial charge in [0.1, 0.15) is 18.1 Å². The van der Waals surface area contributed by atoms with Crippen molar-refractivity contribution in [1.82, 2.24) is 4.90 Å². The van der Waals surface area contributed by atoms with E-state index in [9.17, 15) is 9.59 Å². The van der Waals surface area contributed by atoms with Gasteiger partial charge in [0.25, 0.3) is 5.91 Å². The molecule has 160 valence electrons. The summed E-state index contributed by atoms with van der Waals surface area (Å²) in [5.41, 5.74) is 1.31. The summed E-state index contributed by atoms with van der Waals surface area (Å²) in [4.78, 5) is 26.7. The highest BCUT2D eigenvalue weighted by Gasteiger charge is 2.28. The van der Waals surface area contributed by atoms with E-state index in [1.165, 1.54) is 0 Å². The zero-order valence-electron chi connectivity index (χ0n) is 17.8. The van der Waals surface area contributed by atoms with E-state index in [1.807, 2.05) is 29.2 Å². The first-order valence-corrected chi connectivity index (χ1v) is 10.3. The number of esters is 1. The van der Waals surface area contributed by atoms with Gasteiger partial charge in [-0.05, 0) is 75.1 Å². The number of methoxy groups -OCH3 is 1. The van der Waals surface area contributed by atoms with E-state index in [1.54, 1.807) is 31.4 Å². The van der Waals surface area contributed by atoms with Crippen molar-refractivity contribution >= 4 is 11.9 Å². The van der Waals surface area contributed by atoms with Gasteiger partial charge in [-0.1, -0.05) is 12.1 Å². The molecule has 0 radical (unpaired) electrons. The van der Waals surface area contributed by atoms with Crippen LogP contribution in [0.15, 0.2) is 48.5 Å². The van der Waals surface area contributed by atoms with Crippen molar-refractivity contribution in [1.29, 1.82) is 0 Å². The van der Waals surface area contributed by atoms with Crippen LogP contribution < -0.4 is 9.47 Å². The van der Waals surface area contributed by atoms with Gasteiger partial charge in [0.05, 0.1) is 12.7 Å². The molecule has 0 aromatic heterocycles. The molecule has 30 heavy (non-hydrogen) atoms. The third-order valence-corrected chi connectivity index (χ3v) is 5.46. The van der Waals surface area contributed by atoms with Crippen molar-refractivity contribution in [2.24, 2.45) is 0 Å². The molecule has 2 aromatic rings. The summed E-state index contributed by atoms with van der Waals surface area (Å²) < 4.78 is 16.1. The minimum absolute atomic E-state index is 0.00215. The van der Waals surface area contributed by atoms with Gasteiger partial charge in [-0.2, -0.15) is 0 Å². The molecule has 1 fully saturated rings. The molecule has 1 amide bonds. The smallest absolute Gasteiger partial charge is 0.338 e. The maximum Gasteiger partial charge on any atom is 0.338 e. The predicted octanol–water partition coefficient (Wildman–Crippen LogP) is 4.22. The highest BCUT2D eigenvalue weighted by molar-refractivity contribution is 5.89. The topological polar surface area (TPSA) is 65.1 Å². The Kier molecular flexibility index (Phi) is 7.33. The van der Waals surface area contributed by atoms with Gasteiger partial charge in [-0.25, -0.2) is 4.79 Å². The Morgan fingerprint density at radius 2 is 1.53 bits per heavy atom. The standard InChI is InChI=1S/C24H29NO5/c1-17-5-4-6-18(2)25(17)23(26)16-29-22-13-9-20(10-14-22)24(27)30-15-19-7-11-21(28-3)12-8-19/h7-14,17-18H,4-6,15-16H2,1-3H3. The molecule has 0 bridgehead atoms. The van der Waals surface area contributed by atoms with Crippen LogP contribution in [0.4, 0.5) is 0 Å². The number of nitrogens with zero attached hydrogens (tertiary/aromatic N) is 1. The first-order chi connectivity index (χ1) is 14.5. The third-order valence-electron chi connectivity index (χ3n) is 5.46. The lowest BCUT2D eigenvalue weighted by Crippen LogP contribution is -2.49. The predicted molar refractivity (Wildman–Crippen MR) is 114 cm³/mol. The molecule has 1 aliphatic rings. The summed E-state index contributed by atoms with van der Waals surface area (Å²) in [7, 11) is 1.60. The van der Waals surface area contributed by atoms with Gasteiger partial charge in [0.15, 0.2) is 6.61 Å². The highest BCUT2D eigenvalue weighted by Crippen LogP contribution is 2.23. The second-order valence-corrected chi connectivity index (χ2v) is 7.67. The lowest BCUT2D eigenvalue weighted by molar-refractivity contribution is -0.139. The van der Waals surface area contributed by atoms with Gasteiger partial charge in [0.2, 0.25) is 0 Å². The number of rotatable bonds is 7. The molecule has 0 N–H and O–H groups in total. The van der Waals surface area contributed by atoms with Crippen molar-refractivity contribution in [2.45, 2.75) is 51.8 Å². The maximum absolute atomic E-state index is 12.5. The lowest BCUT2D eigenvalue weighted by Gasteiger charge is -2.38. The molecular weight excluding hydrogens is 382 g/mol. The Labute approximate surface area is 177 Å². The van der Waals surface area contributed by atoms with Crippen LogP contribution in [0.5, 0.6) is 11.5 Å². The molecule has 0 aliphatic carbocycles. The number of carbonyl (C=O) groups is 2. The molecule has 1 aliphatic heterocycles. The second-order valence-electron chi connectivity index (χ2n) is 7.67. The van der Waals surface area contributed by atoms with Crippen molar-refractivity contribution in [2.75, 3.05) is 13.7 Å². The zero-order valence-corrected chi connectivity index (χ0v) is 17.8. The number of benzene rings is 2. The molecule has 0 spiro atoms. The summed E-state index contributed by atoms with van der Waals surface area (Å²) in [5, 5.41) is 0. The van der Waals surface area contributed by atoms with Crippen LogP contribution in [0.2, 0.25) is 0 Å². The molecule has 6 heteroatoms. The summed E-state index contributed by atoms with van der Waals surface area (Å²) in [6.07, 6.45) is 3.22. The van der Waals surface area contributed by atoms with Crippen LogP contribution in [0.1, 0.15) is 49.0 Å². The minimum atomic E-state index is -0.413. The lowest BCUT2D eigenvalue weighted by atomic mass is 9.97. The van der Waals surface area contributed by atoms with Gasteiger partial charge >= 0.3 is 5.97 Å². The number of amides is 1. The summed E-state index contributed by atoms with van der Waals surface area (Å²) >= 11 is 0. The quantitative estimate of drug-likeness (QED) is 0.638. The molecule has 2 atom stereocenters. The Balaban J connectivity index is 1.49. The van der Waals surface area contributed by atoms with Crippen LogP contribution in [0.3, 0.4) is 0 Å². The van der Waals surface area contributed by atoms with Crippen molar-refractivity contribution in [3.63, 3.8) is 0 Å². The highest BCUT2D eigenvalue weighted by atomic mass is 16.5. The molecule has 3 rings (SSSR count). The molecule has 2 unspecified atom stereocenters. The minimum Gasteiger partial charge on any atom is -0.497 e. The van der Waals surface area contributed by atoms with Gasteiger partial charge in [0, 0.05) is 12.1 Å². The first-order valence-electron chi connectivity index (χ1n) is 10.3. The average Bonchev–Trinajstić information content (AvgIpc) is 2.76. The molecule has 2 aromatic carbocycles. The van der Waals surface area contributed by atoms with E-state index in [2.05, 4.69) is 13.8 Å². The number of likely N-dealkylation sites (tertiary alicyclic amines) is 1. The number of hydrogen-bond acceptors (Lipinski definition) is 5. The maximum atomic E-state index is 12.5. The third kappa shape index (κ3) is 5.53. The van der Waals surface area contributed by atoms with E-state index in [-0.39, 0.29) is 31.2 Å². The van der Waals surface area contributed by atoms with Crippen LogP contribution in [-0.2, 0) is 16.1 Å². The average molecular weight is 411 g/mol. The zero-order chi connectivity index (χ0) is 21.5. The van der Waals surface area contributed by atoms with Crippen molar-refractivity contribution in [3.8, 4) is 11.5 Å².